The minimum atomic E-state index is -0.364. The molecule has 0 amide bonds. The Morgan fingerprint density at radius 2 is 1.09 bits per heavy atom. The molecule has 2 N–H and O–H groups in total. The second-order valence-electron chi connectivity index (χ2n) is 6.36. The van der Waals surface area contributed by atoms with Crippen molar-refractivity contribution in [3.8, 4) is 0 Å². The summed E-state index contributed by atoms with van der Waals surface area (Å²) < 4.78 is 0. The highest BCUT2D eigenvalue weighted by Gasteiger charge is 2.10. The molecule has 0 saturated heterocycles. The van der Waals surface area contributed by atoms with E-state index in [2.05, 4.69) is 31.2 Å². The summed E-state index contributed by atoms with van der Waals surface area (Å²) in [6, 6.07) is 16.6. The zero-order chi connectivity index (χ0) is 16.8. The predicted molar refractivity (Wildman–Crippen MR) is 95.5 cm³/mol. The van der Waals surface area contributed by atoms with Crippen LogP contribution in [0.3, 0.4) is 0 Å². The summed E-state index contributed by atoms with van der Waals surface area (Å²) in [4.78, 5) is 0. The molecule has 124 valence electrons. The summed E-state index contributed by atoms with van der Waals surface area (Å²) in [5.41, 5.74) is 4.54. The Labute approximate surface area is 139 Å². The average molecular weight is 312 g/mol. The lowest BCUT2D eigenvalue weighted by Gasteiger charge is -2.15. The molecule has 2 nitrogen and oxygen atoms in total. The van der Waals surface area contributed by atoms with Gasteiger partial charge in [-0.2, -0.15) is 0 Å². The molecule has 3 unspecified atom stereocenters. The van der Waals surface area contributed by atoms with Crippen LogP contribution < -0.4 is 0 Å². The Morgan fingerprint density at radius 3 is 1.52 bits per heavy atom. The van der Waals surface area contributed by atoms with Gasteiger partial charge in [0, 0.05) is 0 Å². The van der Waals surface area contributed by atoms with Crippen molar-refractivity contribution in [2.45, 2.75) is 58.2 Å². The number of aliphatic hydroxyl groups is 2. The molecule has 23 heavy (non-hydrogen) atoms. The molecule has 0 spiro atoms. The highest BCUT2D eigenvalue weighted by molar-refractivity contribution is 5.30. The number of rotatable bonds is 7. The van der Waals surface area contributed by atoms with Crippen LogP contribution in [0.5, 0.6) is 0 Å². The summed E-state index contributed by atoms with van der Waals surface area (Å²) in [5.74, 6) is 0.421. The van der Waals surface area contributed by atoms with Crippen molar-refractivity contribution in [1.29, 1.82) is 0 Å². The lowest BCUT2D eigenvalue weighted by Crippen LogP contribution is -2.01. The van der Waals surface area contributed by atoms with Crippen molar-refractivity contribution in [2.75, 3.05) is 0 Å². The molecule has 2 aromatic rings. The second kappa shape index (κ2) is 8.28. The Bertz CT molecular complexity index is 586. The van der Waals surface area contributed by atoms with E-state index >= 15 is 0 Å². The monoisotopic (exact) mass is 312 g/mol. The molecule has 3 atom stereocenters. The van der Waals surface area contributed by atoms with Crippen LogP contribution >= 0.6 is 0 Å². The van der Waals surface area contributed by atoms with E-state index in [1.54, 1.807) is 0 Å². The predicted octanol–water partition coefficient (Wildman–Crippen LogP) is 4.92. The van der Waals surface area contributed by atoms with Gasteiger partial charge < -0.3 is 10.2 Å². The first-order valence-electron chi connectivity index (χ1n) is 8.60. The molecular weight excluding hydrogens is 284 g/mol. The van der Waals surface area contributed by atoms with E-state index in [1.165, 1.54) is 11.1 Å². The van der Waals surface area contributed by atoms with E-state index in [4.69, 9.17) is 0 Å². The minimum absolute atomic E-state index is 0.362. The second-order valence-corrected chi connectivity index (χ2v) is 6.36. The summed E-state index contributed by atoms with van der Waals surface area (Å²) in [6.45, 7) is 6.19. The molecule has 0 aromatic heterocycles. The fraction of sp³-hybridized carbons (Fsp3) is 0.429. The lowest BCUT2D eigenvalue weighted by atomic mass is 9.91. The van der Waals surface area contributed by atoms with Gasteiger partial charge >= 0.3 is 0 Å². The Morgan fingerprint density at radius 1 is 0.696 bits per heavy atom. The maximum Gasteiger partial charge on any atom is 0.0787 e. The van der Waals surface area contributed by atoms with Crippen LogP contribution in [0.15, 0.2) is 48.5 Å². The van der Waals surface area contributed by atoms with E-state index in [-0.39, 0.29) is 12.2 Å². The van der Waals surface area contributed by atoms with Gasteiger partial charge in [-0.15, -0.1) is 0 Å². The molecule has 0 bridgehead atoms. The van der Waals surface area contributed by atoms with Crippen LogP contribution in [0.25, 0.3) is 0 Å². The summed E-state index contributed by atoms with van der Waals surface area (Å²) >= 11 is 0. The first-order chi connectivity index (χ1) is 11.0. The average Bonchev–Trinajstić information content (AvgIpc) is 2.61. The van der Waals surface area contributed by atoms with Crippen LogP contribution in [-0.2, 0) is 6.42 Å². The van der Waals surface area contributed by atoms with Gasteiger partial charge in [-0.3, -0.25) is 0 Å². The number of hydrogen-bond donors (Lipinski definition) is 2. The zero-order valence-corrected chi connectivity index (χ0v) is 14.4. The molecule has 0 heterocycles. The summed E-state index contributed by atoms with van der Waals surface area (Å²) in [7, 11) is 0. The first kappa shape index (κ1) is 17.7. The van der Waals surface area contributed by atoms with Gasteiger partial charge in [0.1, 0.15) is 0 Å². The molecule has 2 heteroatoms. The molecule has 2 rings (SSSR count). The fourth-order valence-corrected chi connectivity index (χ4v) is 2.87. The zero-order valence-electron chi connectivity index (χ0n) is 14.4. The highest BCUT2D eigenvalue weighted by atomic mass is 16.3. The molecule has 0 aliphatic rings. The lowest BCUT2D eigenvalue weighted by molar-refractivity contribution is 0.173. The maximum atomic E-state index is 9.86. The summed E-state index contributed by atoms with van der Waals surface area (Å²) in [6.07, 6.45) is 1.73. The van der Waals surface area contributed by atoms with Crippen molar-refractivity contribution in [3.63, 3.8) is 0 Å². The molecule has 0 radical (unpaired) electrons. The standard InChI is InChI=1S/C21H28O2/c1-4-20(22)18-8-6-16(7-9-18)14-15(3)17-10-12-19(13-11-17)21(23)5-2/h6-13,15,20-23H,4-5,14H2,1-3H3. The first-order valence-corrected chi connectivity index (χ1v) is 8.60. The van der Waals surface area contributed by atoms with E-state index in [1.807, 2.05) is 38.1 Å². The smallest absolute Gasteiger partial charge is 0.0787 e. The third kappa shape index (κ3) is 4.66. The van der Waals surface area contributed by atoms with E-state index in [9.17, 15) is 10.2 Å². The van der Waals surface area contributed by atoms with Gasteiger partial charge in [0.25, 0.3) is 0 Å². The fourth-order valence-electron chi connectivity index (χ4n) is 2.87. The summed E-state index contributed by atoms with van der Waals surface area (Å²) in [5, 5.41) is 19.7. The van der Waals surface area contributed by atoms with Gasteiger partial charge in [-0.25, -0.2) is 0 Å². The number of benzene rings is 2. The van der Waals surface area contributed by atoms with Gasteiger partial charge in [-0.05, 0) is 47.4 Å². The van der Waals surface area contributed by atoms with Gasteiger partial charge in [0.15, 0.2) is 0 Å². The largest absolute Gasteiger partial charge is 0.388 e. The minimum Gasteiger partial charge on any atom is -0.388 e. The van der Waals surface area contributed by atoms with Crippen LogP contribution in [0, 0.1) is 0 Å². The maximum absolute atomic E-state index is 9.86. The number of aliphatic hydroxyl groups excluding tert-OH is 2. The van der Waals surface area contributed by atoms with Crippen molar-refractivity contribution in [2.24, 2.45) is 0 Å². The SMILES string of the molecule is CCC(O)c1ccc(CC(C)c2ccc(C(O)CC)cc2)cc1. The third-order valence-corrected chi connectivity index (χ3v) is 4.57. The Hall–Kier alpha value is -1.64. The Kier molecular flexibility index (Phi) is 6.37. The molecule has 0 aliphatic carbocycles. The van der Waals surface area contributed by atoms with Crippen LogP contribution in [-0.4, -0.2) is 10.2 Å². The van der Waals surface area contributed by atoms with Crippen molar-refractivity contribution >= 4 is 0 Å². The van der Waals surface area contributed by atoms with Crippen LogP contribution in [0.1, 0.15) is 74.0 Å². The van der Waals surface area contributed by atoms with Crippen molar-refractivity contribution < 1.29 is 10.2 Å². The van der Waals surface area contributed by atoms with Crippen molar-refractivity contribution in [3.05, 3.63) is 70.8 Å². The van der Waals surface area contributed by atoms with Crippen LogP contribution in [0.2, 0.25) is 0 Å². The molecule has 0 saturated carbocycles. The highest BCUT2D eigenvalue weighted by Crippen LogP contribution is 2.24. The van der Waals surface area contributed by atoms with Gasteiger partial charge in [0.05, 0.1) is 12.2 Å². The topological polar surface area (TPSA) is 40.5 Å². The molecule has 0 fully saturated rings. The Balaban J connectivity index is 2.02. The third-order valence-electron chi connectivity index (χ3n) is 4.57. The molecular formula is C21H28O2. The van der Waals surface area contributed by atoms with E-state index in [0.29, 0.717) is 5.92 Å². The quantitative estimate of drug-likeness (QED) is 0.762. The van der Waals surface area contributed by atoms with Gasteiger partial charge in [-0.1, -0.05) is 69.3 Å². The van der Waals surface area contributed by atoms with Crippen molar-refractivity contribution in [1.82, 2.24) is 0 Å². The van der Waals surface area contributed by atoms with E-state index < -0.39 is 0 Å². The number of hydrogen-bond acceptors (Lipinski definition) is 2. The molecule has 0 aliphatic heterocycles. The van der Waals surface area contributed by atoms with Gasteiger partial charge in [0.2, 0.25) is 0 Å². The van der Waals surface area contributed by atoms with E-state index in [0.717, 1.165) is 30.4 Å². The molecule has 2 aromatic carbocycles. The normalized spacial score (nSPS) is 15.2. The van der Waals surface area contributed by atoms with Crippen LogP contribution in [0.4, 0.5) is 0 Å².